The van der Waals surface area contributed by atoms with Crippen LogP contribution in [-0.2, 0) is 6.61 Å². The van der Waals surface area contributed by atoms with E-state index >= 15 is 0 Å². The predicted molar refractivity (Wildman–Crippen MR) is 98.0 cm³/mol. The van der Waals surface area contributed by atoms with Gasteiger partial charge in [-0.1, -0.05) is 72.8 Å². The van der Waals surface area contributed by atoms with Gasteiger partial charge in [-0.15, -0.1) is 0 Å². The molecule has 0 amide bonds. The largest absolute Gasteiger partial charge is 0.473 e. The minimum atomic E-state index is 0.514. The molecule has 4 rings (SSSR count). The molecule has 1 aromatic heterocycles. The van der Waals surface area contributed by atoms with Crippen LogP contribution >= 0.6 is 0 Å². The summed E-state index contributed by atoms with van der Waals surface area (Å²) in [7, 11) is 0. The SMILES string of the molecule is c1ccc(-c2ccc(COc3ccc4ccccc4n3)cc2)cc1. The smallest absolute Gasteiger partial charge is 0.214 e. The minimum absolute atomic E-state index is 0.514. The van der Waals surface area contributed by atoms with Crippen molar-refractivity contribution in [2.24, 2.45) is 0 Å². The Morgan fingerprint density at radius 3 is 2.17 bits per heavy atom. The first-order valence-electron chi connectivity index (χ1n) is 8.01. The second-order valence-electron chi connectivity index (χ2n) is 5.69. The lowest BCUT2D eigenvalue weighted by Crippen LogP contribution is -1.97. The molecule has 0 N–H and O–H groups in total. The number of aromatic nitrogens is 1. The summed E-state index contributed by atoms with van der Waals surface area (Å²) in [6.07, 6.45) is 0. The molecule has 0 aliphatic heterocycles. The second-order valence-corrected chi connectivity index (χ2v) is 5.69. The fraction of sp³-hybridized carbons (Fsp3) is 0.0455. The lowest BCUT2D eigenvalue weighted by atomic mass is 10.0. The average molecular weight is 311 g/mol. The molecule has 0 fully saturated rings. The first kappa shape index (κ1) is 14.5. The van der Waals surface area contributed by atoms with E-state index in [9.17, 15) is 0 Å². The van der Waals surface area contributed by atoms with E-state index in [4.69, 9.17) is 4.74 Å². The number of rotatable bonds is 4. The van der Waals surface area contributed by atoms with Crippen LogP contribution in [0.15, 0.2) is 91.0 Å². The zero-order chi connectivity index (χ0) is 16.2. The third-order valence-corrected chi connectivity index (χ3v) is 4.02. The summed E-state index contributed by atoms with van der Waals surface area (Å²) in [4.78, 5) is 4.53. The molecule has 4 aromatic rings. The van der Waals surface area contributed by atoms with E-state index in [0.717, 1.165) is 16.5 Å². The van der Waals surface area contributed by atoms with E-state index in [2.05, 4.69) is 59.6 Å². The van der Waals surface area contributed by atoms with Crippen molar-refractivity contribution in [3.05, 3.63) is 96.6 Å². The third kappa shape index (κ3) is 3.13. The maximum absolute atomic E-state index is 5.83. The summed E-state index contributed by atoms with van der Waals surface area (Å²) in [6.45, 7) is 0.514. The van der Waals surface area contributed by atoms with Gasteiger partial charge in [0.25, 0.3) is 0 Å². The molecule has 0 unspecified atom stereocenters. The Balaban J connectivity index is 1.47. The fourth-order valence-corrected chi connectivity index (χ4v) is 2.71. The molecule has 1 heterocycles. The zero-order valence-corrected chi connectivity index (χ0v) is 13.2. The van der Waals surface area contributed by atoms with Crippen molar-refractivity contribution in [3.8, 4) is 17.0 Å². The summed E-state index contributed by atoms with van der Waals surface area (Å²) in [5.41, 5.74) is 4.52. The molecule has 0 saturated heterocycles. The number of pyridine rings is 1. The first-order valence-corrected chi connectivity index (χ1v) is 8.01. The van der Waals surface area contributed by atoms with Gasteiger partial charge in [0.15, 0.2) is 0 Å². The van der Waals surface area contributed by atoms with Gasteiger partial charge >= 0.3 is 0 Å². The fourth-order valence-electron chi connectivity index (χ4n) is 2.71. The standard InChI is InChI=1S/C22H17NO/c1-2-6-18(7-3-1)19-12-10-17(11-13-19)16-24-22-15-14-20-8-4-5-9-21(20)23-22/h1-15H,16H2. The van der Waals surface area contributed by atoms with Crippen LogP contribution in [0.2, 0.25) is 0 Å². The summed E-state index contributed by atoms with van der Waals surface area (Å²) < 4.78 is 5.83. The van der Waals surface area contributed by atoms with Gasteiger partial charge in [-0.25, -0.2) is 4.98 Å². The van der Waals surface area contributed by atoms with Gasteiger partial charge in [0.05, 0.1) is 5.52 Å². The van der Waals surface area contributed by atoms with Crippen LogP contribution < -0.4 is 4.74 Å². The van der Waals surface area contributed by atoms with Crippen LogP contribution in [0.25, 0.3) is 22.0 Å². The number of fused-ring (bicyclic) bond motifs is 1. The number of para-hydroxylation sites is 1. The van der Waals surface area contributed by atoms with Gasteiger partial charge < -0.3 is 4.74 Å². The zero-order valence-electron chi connectivity index (χ0n) is 13.2. The summed E-state index contributed by atoms with van der Waals surface area (Å²) in [5.74, 6) is 0.654. The molecule has 0 aliphatic carbocycles. The highest BCUT2D eigenvalue weighted by Gasteiger charge is 2.01. The van der Waals surface area contributed by atoms with Crippen molar-refractivity contribution in [2.45, 2.75) is 6.61 Å². The van der Waals surface area contributed by atoms with E-state index in [1.807, 2.05) is 36.4 Å². The molecule has 0 bridgehead atoms. The van der Waals surface area contributed by atoms with Crippen molar-refractivity contribution < 1.29 is 4.74 Å². The molecule has 0 radical (unpaired) electrons. The van der Waals surface area contributed by atoms with Crippen molar-refractivity contribution in [3.63, 3.8) is 0 Å². The second kappa shape index (κ2) is 6.55. The van der Waals surface area contributed by atoms with Crippen molar-refractivity contribution >= 4 is 10.9 Å². The topological polar surface area (TPSA) is 22.1 Å². The first-order chi connectivity index (χ1) is 11.9. The monoisotopic (exact) mass is 311 g/mol. The van der Waals surface area contributed by atoms with Gasteiger partial charge in [-0.05, 0) is 28.8 Å². The highest BCUT2D eigenvalue weighted by atomic mass is 16.5. The molecule has 0 saturated carbocycles. The Bertz CT molecular complexity index is 946. The molecule has 0 atom stereocenters. The molecular weight excluding hydrogens is 294 g/mol. The molecule has 24 heavy (non-hydrogen) atoms. The molecule has 0 aliphatic rings. The number of nitrogens with zero attached hydrogens (tertiary/aromatic N) is 1. The summed E-state index contributed by atoms with van der Waals surface area (Å²) >= 11 is 0. The third-order valence-electron chi connectivity index (χ3n) is 4.02. The van der Waals surface area contributed by atoms with E-state index in [-0.39, 0.29) is 0 Å². The molecule has 3 aromatic carbocycles. The number of hydrogen-bond donors (Lipinski definition) is 0. The van der Waals surface area contributed by atoms with Gasteiger partial charge in [0.1, 0.15) is 6.61 Å². The lowest BCUT2D eigenvalue weighted by Gasteiger charge is -2.07. The number of hydrogen-bond acceptors (Lipinski definition) is 2. The van der Waals surface area contributed by atoms with Gasteiger partial charge in [-0.2, -0.15) is 0 Å². The summed E-state index contributed by atoms with van der Waals surface area (Å²) in [6, 6.07) is 30.8. The highest BCUT2D eigenvalue weighted by molar-refractivity contribution is 5.78. The van der Waals surface area contributed by atoms with Crippen LogP contribution in [0.4, 0.5) is 0 Å². The lowest BCUT2D eigenvalue weighted by molar-refractivity contribution is 0.295. The Hall–Kier alpha value is -3.13. The number of ether oxygens (including phenoxy) is 1. The highest BCUT2D eigenvalue weighted by Crippen LogP contribution is 2.20. The van der Waals surface area contributed by atoms with Gasteiger partial charge in [0, 0.05) is 11.5 Å². The van der Waals surface area contributed by atoms with E-state index in [0.29, 0.717) is 12.5 Å². The minimum Gasteiger partial charge on any atom is -0.473 e. The Morgan fingerprint density at radius 2 is 1.33 bits per heavy atom. The molecule has 116 valence electrons. The van der Waals surface area contributed by atoms with Crippen LogP contribution in [0, 0.1) is 0 Å². The summed E-state index contributed by atoms with van der Waals surface area (Å²) in [5, 5.41) is 1.12. The molecule has 0 spiro atoms. The van der Waals surface area contributed by atoms with Crippen molar-refractivity contribution in [1.29, 1.82) is 0 Å². The average Bonchev–Trinajstić information content (AvgIpc) is 2.67. The van der Waals surface area contributed by atoms with Crippen molar-refractivity contribution in [1.82, 2.24) is 4.98 Å². The van der Waals surface area contributed by atoms with Crippen LogP contribution in [-0.4, -0.2) is 4.98 Å². The molecule has 2 nitrogen and oxygen atoms in total. The maximum atomic E-state index is 5.83. The van der Waals surface area contributed by atoms with Crippen molar-refractivity contribution in [2.75, 3.05) is 0 Å². The maximum Gasteiger partial charge on any atom is 0.214 e. The van der Waals surface area contributed by atoms with Gasteiger partial charge in [-0.3, -0.25) is 0 Å². The normalized spacial score (nSPS) is 10.7. The van der Waals surface area contributed by atoms with Gasteiger partial charge in [0.2, 0.25) is 5.88 Å². The molecule has 2 heteroatoms. The Labute approximate surface area is 141 Å². The number of benzene rings is 3. The van der Waals surface area contributed by atoms with Crippen LogP contribution in [0.3, 0.4) is 0 Å². The Morgan fingerprint density at radius 1 is 0.625 bits per heavy atom. The van der Waals surface area contributed by atoms with E-state index in [1.165, 1.54) is 11.1 Å². The van der Waals surface area contributed by atoms with Crippen LogP contribution in [0.1, 0.15) is 5.56 Å². The predicted octanol–water partition coefficient (Wildman–Crippen LogP) is 5.48. The quantitative estimate of drug-likeness (QED) is 0.498. The van der Waals surface area contributed by atoms with Crippen LogP contribution in [0.5, 0.6) is 5.88 Å². The molecular formula is C22H17NO. The van der Waals surface area contributed by atoms with E-state index < -0.39 is 0 Å². The Kier molecular flexibility index (Phi) is 3.95. The van der Waals surface area contributed by atoms with E-state index in [1.54, 1.807) is 0 Å².